The molecule has 1 rings (SSSR count). The first-order valence-electron chi connectivity index (χ1n) is 4.45. The number of phenolic OH excluding ortho intramolecular Hbond substituents is 1. The number of rotatable bonds is 3. The van der Waals surface area contributed by atoms with E-state index in [9.17, 15) is 14.7 Å². The summed E-state index contributed by atoms with van der Waals surface area (Å²) in [6.07, 6.45) is 0. The van der Waals surface area contributed by atoms with Crippen molar-refractivity contribution in [3.05, 3.63) is 35.9 Å². The van der Waals surface area contributed by atoms with E-state index in [4.69, 9.17) is 5.11 Å². The second-order valence-electron chi connectivity index (χ2n) is 3.24. The van der Waals surface area contributed by atoms with Crippen molar-refractivity contribution in [2.45, 2.75) is 6.92 Å². The van der Waals surface area contributed by atoms with Crippen LogP contribution in [0, 0.1) is 0 Å². The number of aromatic hydroxyl groups is 1. The maximum Gasteiger partial charge on any atom is 0.337 e. The number of hydrogen-bond acceptors (Lipinski definition) is 3. The number of phenols is 1. The summed E-state index contributed by atoms with van der Waals surface area (Å²) in [4.78, 5) is 22.2. The van der Waals surface area contributed by atoms with Crippen LogP contribution in [0.15, 0.2) is 30.4 Å². The van der Waals surface area contributed by atoms with Crippen molar-refractivity contribution in [3.63, 3.8) is 0 Å². The number of carbonyl (C=O) groups excluding carboxylic acids is 1. The van der Waals surface area contributed by atoms with Gasteiger partial charge in [-0.1, -0.05) is 12.6 Å². The van der Waals surface area contributed by atoms with Gasteiger partial charge < -0.3 is 15.5 Å². The van der Waals surface area contributed by atoms with E-state index in [1.807, 2.05) is 0 Å². The summed E-state index contributed by atoms with van der Waals surface area (Å²) in [6, 6.07) is 3.96. The van der Waals surface area contributed by atoms with Gasteiger partial charge in [-0.3, -0.25) is 4.79 Å². The molecule has 0 unspecified atom stereocenters. The number of carbonyl (C=O) groups is 2. The van der Waals surface area contributed by atoms with Crippen LogP contribution in [0.1, 0.15) is 17.3 Å². The fourth-order valence-electron chi connectivity index (χ4n) is 1.07. The number of amides is 1. The first-order chi connectivity index (χ1) is 7.43. The molecular weight excluding hydrogens is 210 g/mol. The molecule has 1 aromatic rings. The fourth-order valence-corrected chi connectivity index (χ4v) is 1.07. The lowest BCUT2D eigenvalue weighted by Crippen LogP contribution is -2.15. The number of hydrogen-bond donors (Lipinski definition) is 3. The van der Waals surface area contributed by atoms with E-state index in [0.717, 1.165) is 0 Å². The molecule has 0 aliphatic carbocycles. The van der Waals surface area contributed by atoms with Crippen LogP contribution in [0.2, 0.25) is 0 Å². The van der Waals surface area contributed by atoms with Crippen molar-refractivity contribution in [3.8, 4) is 5.75 Å². The summed E-state index contributed by atoms with van der Waals surface area (Å²) < 4.78 is 0. The minimum Gasteiger partial charge on any atom is -0.506 e. The highest BCUT2D eigenvalue weighted by Crippen LogP contribution is 2.27. The van der Waals surface area contributed by atoms with Crippen molar-refractivity contribution >= 4 is 17.6 Å². The molecule has 0 saturated heterocycles. The summed E-state index contributed by atoms with van der Waals surface area (Å²) in [5, 5.41) is 20.6. The zero-order valence-electron chi connectivity index (χ0n) is 8.65. The summed E-state index contributed by atoms with van der Waals surface area (Å²) in [5.41, 5.74) is -0.0720. The summed E-state index contributed by atoms with van der Waals surface area (Å²) in [6.45, 7) is 4.90. The Hall–Kier alpha value is -2.30. The summed E-state index contributed by atoms with van der Waals surface area (Å²) in [5.74, 6) is -2.06. The molecule has 0 spiro atoms. The van der Waals surface area contributed by atoms with Gasteiger partial charge in [-0.05, 0) is 19.1 Å². The third kappa shape index (κ3) is 2.38. The maximum atomic E-state index is 11.3. The number of benzene rings is 1. The number of aromatic carboxylic acids is 1. The molecule has 5 heteroatoms. The highest BCUT2D eigenvalue weighted by atomic mass is 16.4. The van der Waals surface area contributed by atoms with E-state index in [1.54, 1.807) is 0 Å². The fraction of sp³-hybridized carbons (Fsp3) is 0.0909. The van der Waals surface area contributed by atoms with E-state index in [0.29, 0.717) is 0 Å². The second-order valence-corrected chi connectivity index (χ2v) is 3.24. The van der Waals surface area contributed by atoms with E-state index in [2.05, 4.69) is 11.9 Å². The number of carboxylic acids is 1. The number of carboxylic acid groups (broad SMARTS) is 1. The third-order valence-corrected chi connectivity index (χ3v) is 1.90. The summed E-state index contributed by atoms with van der Waals surface area (Å²) in [7, 11) is 0. The zero-order valence-corrected chi connectivity index (χ0v) is 8.65. The average molecular weight is 221 g/mol. The van der Waals surface area contributed by atoms with Gasteiger partial charge in [-0.15, -0.1) is 0 Å². The number of anilines is 1. The van der Waals surface area contributed by atoms with Crippen molar-refractivity contribution in [2.24, 2.45) is 0 Å². The molecule has 0 aliphatic heterocycles. The molecule has 1 amide bonds. The molecule has 0 aromatic heterocycles. The van der Waals surface area contributed by atoms with Gasteiger partial charge in [0, 0.05) is 5.57 Å². The Morgan fingerprint density at radius 3 is 2.50 bits per heavy atom. The van der Waals surface area contributed by atoms with Gasteiger partial charge in [-0.25, -0.2) is 4.79 Å². The van der Waals surface area contributed by atoms with Crippen molar-refractivity contribution in [1.82, 2.24) is 0 Å². The molecule has 3 N–H and O–H groups in total. The molecule has 0 heterocycles. The quantitative estimate of drug-likeness (QED) is 0.534. The van der Waals surface area contributed by atoms with E-state index < -0.39 is 11.9 Å². The van der Waals surface area contributed by atoms with Crippen LogP contribution in [0.5, 0.6) is 5.75 Å². The minimum absolute atomic E-state index is 0.122. The molecule has 0 aliphatic rings. The molecule has 5 nitrogen and oxygen atoms in total. The summed E-state index contributed by atoms with van der Waals surface area (Å²) >= 11 is 0. The Labute approximate surface area is 92.0 Å². The minimum atomic E-state index is -1.23. The standard InChI is InChI=1S/C11H11NO4/c1-6(2)10(14)12-9-7(11(15)16)4-3-5-8(9)13/h3-5,13H,1H2,2H3,(H,12,14)(H,15,16). The molecule has 1 aromatic carbocycles. The second kappa shape index (κ2) is 4.48. The Bertz CT molecular complexity index is 465. The molecule has 0 bridgehead atoms. The molecule has 0 atom stereocenters. The Kier molecular flexibility index (Phi) is 3.30. The topological polar surface area (TPSA) is 86.6 Å². The first-order valence-corrected chi connectivity index (χ1v) is 4.45. The predicted octanol–water partition coefficient (Wildman–Crippen LogP) is 1.60. The van der Waals surface area contributed by atoms with Crippen LogP contribution in [0.25, 0.3) is 0 Å². The van der Waals surface area contributed by atoms with Gasteiger partial charge >= 0.3 is 5.97 Å². The van der Waals surface area contributed by atoms with Crippen LogP contribution < -0.4 is 5.32 Å². The lowest BCUT2D eigenvalue weighted by molar-refractivity contribution is -0.112. The number of nitrogens with one attached hydrogen (secondary N) is 1. The van der Waals surface area contributed by atoms with Crippen molar-refractivity contribution < 1.29 is 19.8 Å². The Morgan fingerprint density at radius 2 is 2.00 bits per heavy atom. The molecule has 84 valence electrons. The Balaban J connectivity index is 3.16. The monoisotopic (exact) mass is 221 g/mol. The first kappa shape index (κ1) is 11.8. The number of para-hydroxylation sites is 1. The van der Waals surface area contributed by atoms with Crippen LogP contribution in [-0.2, 0) is 4.79 Å². The Morgan fingerprint density at radius 1 is 1.38 bits per heavy atom. The third-order valence-electron chi connectivity index (χ3n) is 1.90. The molecule has 16 heavy (non-hydrogen) atoms. The lowest BCUT2D eigenvalue weighted by atomic mass is 10.1. The van der Waals surface area contributed by atoms with Gasteiger partial charge in [0.15, 0.2) is 0 Å². The van der Waals surface area contributed by atoms with Gasteiger partial charge in [0.05, 0.1) is 11.3 Å². The van der Waals surface area contributed by atoms with Crippen LogP contribution in [0.4, 0.5) is 5.69 Å². The predicted molar refractivity (Wildman–Crippen MR) is 58.5 cm³/mol. The van der Waals surface area contributed by atoms with Gasteiger partial charge in [0.25, 0.3) is 5.91 Å². The van der Waals surface area contributed by atoms with Gasteiger partial charge in [0.2, 0.25) is 0 Å². The normalized spacial score (nSPS) is 9.56. The molecule has 0 radical (unpaired) electrons. The average Bonchev–Trinajstić information content (AvgIpc) is 2.20. The van der Waals surface area contributed by atoms with Crippen molar-refractivity contribution in [2.75, 3.05) is 5.32 Å². The zero-order chi connectivity index (χ0) is 12.3. The van der Waals surface area contributed by atoms with Crippen molar-refractivity contribution in [1.29, 1.82) is 0 Å². The van der Waals surface area contributed by atoms with Crippen LogP contribution in [0.3, 0.4) is 0 Å². The lowest BCUT2D eigenvalue weighted by Gasteiger charge is -2.09. The molecule has 0 fully saturated rings. The smallest absolute Gasteiger partial charge is 0.337 e. The highest BCUT2D eigenvalue weighted by Gasteiger charge is 2.15. The molecular formula is C11H11NO4. The van der Waals surface area contributed by atoms with Crippen LogP contribution in [-0.4, -0.2) is 22.1 Å². The molecule has 0 saturated carbocycles. The largest absolute Gasteiger partial charge is 0.506 e. The SMILES string of the molecule is C=C(C)C(=O)Nc1c(O)cccc1C(=O)O. The van der Waals surface area contributed by atoms with E-state index in [-0.39, 0.29) is 22.6 Å². The van der Waals surface area contributed by atoms with Crippen LogP contribution >= 0.6 is 0 Å². The van der Waals surface area contributed by atoms with E-state index >= 15 is 0 Å². The van der Waals surface area contributed by atoms with Gasteiger partial charge in [-0.2, -0.15) is 0 Å². The van der Waals surface area contributed by atoms with E-state index in [1.165, 1.54) is 25.1 Å². The maximum absolute atomic E-state index is 11.3. The van der Waals surface area contributed by atoms with Gasteiger partial charge in [0.1, 0.15) is 5.75 Å². The highest BCUT2D eigenvalue weighted by molar-refractivity contribution is 6.07.